The average Bonchev–Trinajstić information content (AvgIpc) is 3.12. The monoisotopic (exact) mass is 333 g/mol. The highest BCUT2D eigenvalue weighted by Gasteiger charge is 2.42. The van der Waals surface area contributed by atoms with Crippen molar-refractivity contribution in [1.29, 1.82) is 0 Å². The molecule has 24 heavy (non-hydrogen) atoms. The number of benzene rings is 1. The first kappa shape index (κ1) is 16.3. The summed E-state index contributed by atoms with van der Waals surface area (Å²) in [4.78, 5) is 28.0. The number of hydrogen-bond acceptors (Lipinski definition) is 2. The number of likely N-dealkylation sites (tertiary alicyclic amines) is 1. The maximum Gasteiger partial charge on any atom is 0.317 e. The molecule has 6 nitrogen and oxygen atoms in total. The van der Waals surface area contributed by atoms with Gasteiger partial charge in [0.2, 0.25) is 0 Å². The fourth-order valence-corrected chi connectivity index (χ4v) is 3.08. The minimum absolute atomic E-state index is 0.215. The van der Waals surface area contributed by atoms with Crippen molar-refractivity contribution < 1.29 is 19.1 Å². The zero-order valence-electron chi connectivity index (χ0n) is 13.4. The van der Waals surface area contributed by atoms with Crippen LogP contribution in [0, 0.1) is 11.2 Å². The van der Waals surface area contributed by atoms with Gasteiger partial charge in [-0.15, -0.1) is 0 Å². The number of hydrogen-bond donors (Lipinski definition) is 3. The number of fused-ring (bicyclic) bond motifs is 1. The molecule has 1 aliphatic heterocycles. The number of carbonyl (C=O) groups excluding carboxylic acids is 1. The highest BCUT2D eigenvalue weighted by atomic mass is 19.1. The second-order valence-corrected chi connectivity index (χ2v) is 6.52. The molecule has 1 saturated heterocycles. The van der Waals surface area contributed by atoms with E-state index in [-0.39, 0.29) is 18.4 Å². The van der Waals surface area contributed by atoms with E-state index in [2.05, 4.69) is 10.3 Å². The molecule has 1 aromatic carbocycles. The molecule has 2 aromatic rings. The quantitative estimate of drug-likeness (QED) is 0.803. The molecule has 1 aromatic heterocycles. The van der Waals surface area contributed by atoms with Gasteiger partial charge in [-0.05, 0) is 43.5 Å². The molecule has 2 heterocycles. The van der Waals surface area contributed by atoms with Crippen molar-refractivity contribution in [1.82, 2.24) is 15.2 Å². The van der Waals surface area contributed by atoms with Crippen molar-refractivity contribution in [2.75, 3.05) is 19.6 Å². The van der Waals surface area contributed by atoms with Gasteiger partial charge in [0.25, 0.3) is 0 Å². The predicted octanol–water partition coefficient (Wildman–Crippen LogP) is 2.36. The summed E-state index contributed by atoms with van der Waals surface area (Å²) in [6.45, 7) is 2.71. The van der Waals surface area contributed by atoms with Crippen molar-refractivity contribution in [3.8, 4) is 0 Å². The second kappa shape index (κ2) is 6.14. The number of aliphatic carboxylic acids is 1. The van der Waals surface area contributed by atoms with Gasteiger partial charge in [0.1, 0.15) is 5.82 Å². The van der Waals surface area contributed by atoms with Gasteiger partial charge in [0.15, 0.2) is 0 Å². The van der Waals surface area contributed by atoms with E-state index in [1.54, 1.807) is 13.0 Å². The maximum absolute atomic E-state index is 13.3. The van der Waals surface area contributed by atoms with Gasteiger partial charge in [0.05, 0.1) is 5.41 Å². The lowest BCUT2D eigenvalue weighted by molar-refractivity contribution is -0.146. The van der Waals surface area contributed by atoms with Crippen molar-refractivity contribution in [2.45, 2.75) is 19.8 Å². The van der Waals surface area contributed by atoms with Crippen molar-refractivity contribution in [3.63, 3.8) is 0 Å². The van der Waals surface area contributed by atoms with E-state index >= 15 is 0 Å². The molecule has 1 atom stereocenters. The van der Waals surface area contributed by atoms with Crippen LogP contribution in [0.2, 0.25) is 0 Å². The molecule has 1 unspecified atom stereocenters. The standard InChI is InChI=1S/C17H20FN3O3/c1-17(15(22)23)5-7-21(10-17)16(24)19-6-4-11-9-20-14-3-2-12(18)8-13(11)14/h2-3,8-9,20H,4-7,10H2,1H3,(H,19,24)(H,22,23). The van der Waals surface area contributed by atoms with Gasteiger partial charge in [-0.25, -0.2) is 9.18 Å². The van der Waals surface area contributed by atoms with E-state index < -0.39 is 11.4 Å². The molecule has 0 saturated carbocycles. The van der Waals surface area contributed by atoms with E-state index in [0.717, 1.165) is 16.5 Å². The number of halogens is 1. The predicted molar refractivity (Wildman–Crippen MR) is 87.3 cm³/mol. The first-order valence-electron chi connectivity index (χ1n) is 7.91. The fraction of sp³-hybridized carbons (Fsp3) is 0.412. The number of carboxylic acid groups (broad SMARTS) is 1. The molecule has 128 valence electrons. The Morgan fingerprint density at radius 3 is 2.96 bits per heavy atom. The Morgan fingerprint density at radius 2 is 2.25 bits per heavy atom. The summed E-state index contributed by atoms with van der Waals surface area (Å²) in [7, 11) is 0. The molecule has 7 heteroatoms. The third-order valence-electron chi connectivity index (χ3n) is 4.68. The molecule has 1 fully saturated rings. The van der Waals surface area contributed by atoms with Gasteiger partial charge in [-0.2, -0.15) is 0 Å². The molecular formula is C17H20FN3O3. The molecule has 3 rings (SSSR count). The molecule has 3 N–H and O–H groups in total. The molecule has 0 aliphatic carbocycles. The van der Waals surface area contributed by atoms with Crippen LogP contribution in [0.3, 0.4) is 0 Å². The van der Waals surface area contributed by atoms with Crippen LogP contribution < -0.4 is 5.32 Å². The van der Waals surface area contributed by atoms with Crippen molar-refractivity contribution in [3.05, 3.63) is 35.8 Å². The Bertz CT molecular complexity index is 788. The summed E-state index contributed by atoms with van der Waals surface area (Å²) in [5, 5.41) is 12.8. The lowest BCUT2D eigenvalue weighted by atomic mass is 9.90. The fourth-order valence-electron chi connectivity index (χ4n) is 3.08. The maximum atomic E-state index is 13.3. The zero-order chi connectivity index (χ0) is 17.3. The summed E-state index contributed by atoms with van der Waals surface area (Å²) in [6, 6.07) is 4.30. The zero-order valence-corrected chi connectivity index (χ0v) is 13.4. The Morgan fingerprint density at radius 1 is 1.46 bits per heavy atom. The summed E-state index contributed by atoms with van der Waals surface area (Å²) in [5.41, 5.74) is 0.919. The Hall–Kier alpha value is -2.57. The van der Waals surface area contributed by atoms with Gasteiger partial charge in [-0.3, -0.25) is 4.79 Å². The topological polar surface area (TPSA) is 85.4 Å². The first-order valence-corrected chi connectivity index (χ1v) is 7.91. The number of carboxylic acids is 1. The lowest BCUT2D eigenvalue weighted by Gasteiger charge is -2.20. The van der Waals surface area contributed by atoms with Gasteiger partial charge in [0, 0.05) is 36.7 Å². The third-order valence-corrected chi connectivity index (χ3v) is 4.68. The smallest absolute Gasteiger partial charge is 0.317 e. The van der Waals surface area contributed by atoms with Crippen LogP contribution in [0.4, 0.5) is 9.18 Å². The van der Waals surface area contributed by atoms with E-state index in [1.807, 2.05) is 6.20 Å². The highest BCUT2D eigenvalue weighted by Crippen LogP contribution is 2.30. The number of carbonyl (C=O) groups is 2. The van der Waals surface area contributed by atoms with Gasteiger partial charge in [-0.1, -0.05) is 0 Å². The average molecular weight is 333 g/mol. The molecular weight excluding hydrogens is 313 g/mol. The number of urea groups is 1. The Balaban J connectivity index is 1.55. The Kier molecular flexibility index (Phi) is 4.17. The summed E-state index contributed by atoms with van der Waals surface area (Å²) in [6.07, 6.45) is 2.84. The normalized spacial score (nSPS) is 20.5. The number of aromatic amines is 1. The second-order valence-electron chi connectivity index (χ2n) is 6.52. The van der Waals surface area contributed by atoms with Crippen LogP contribution in [-0.4, -0.2) is 46.6 Å². The Labute approximate surface area is 138 Å². The highest BCUT2D eigenvalue weighted by molar-refractivity contribution is 5.83. The van der Waals surface area contributed by atoms with Crippen LogP contribution in [-0.2, 0) is 11.2 Å². The van der Waals surface area contributed by atoms with Crippen molar-refractivity contribution >= 4 is 22.9 Å². The third kappa shape index (κ3) is 3.06. The number of nitrogens with one attached hydrogen (secondary N) is 2. The van der Waals surface area contributed by atoms with E-state index in [0.29, 0.717) is 25.9 Å². The molecule has 0 bridgehead atoms. The summed E-state index contributed by atoms with van der Waals surface area (Å²) >= 11 is 0. The lowest BCUT2D eigenvalue weighted by Crippen LogP contribution is -2.41. The minimum Gasteiger partial charge on any atom is -0.481 e. The minimum atomic E-state index is -0.876. The van der Waals surface area contributed by atoms with E-state index in [4.69, 9.17) is 0 Å². The summed E-state index contributed by atoms with van der Waals surface area (Å²) < 4.78 is 13.3. The number of rotatable bonds is 4. The van der Waals surface area contributed by atoms with Crippen LogP contribution in [0.5, 0.6) is 0 Å². The van der Waals surface area contributed by atoms with Gasteiger partial charge < -0.3 is 20.3 Å². The van der Waals surface area contributed by atoms with Crippen LogP contribution in [0.1, 0.15) is 18.9 Å². The number of H-pyrrole nitrogens is 1. The molecule has 1 aliphatic rings. The van der Waals surface area contributed by atoms with Crippen LogP contribution in [0.25, 0.3) is 10.9 Å². The summed E-state index contributed by atoms with van der Waals surface area (Å²) in [5.74, 6) is -1.17. The number of nitrogens with zero attached hydrogens (tertiary/aromatic N) is 1. The van der Waals surface area contributed by atoms with E-state index in [9.17, 15) is 19.1 Å². The molecule has 2 amide bonds. The molecule has 0 radical (unpaired) electrons. The van der Waals surface area contributed by atoms with Crippen molar-refractivity contribution in [2.24, 2.45) is 5.41 Å². The van der Waals surface area contributed by atoms with Crippen LogP contribution in [0.15, 0.2) is 24.4 Å². The molecule has 0 spiro atoms. The van der Waals surface area contributed by atoms with Gasteiger partial charge >= 0.3 is 12.0 Å². The van der Waals surface area contributed by atoms with E-state index in [1.165, 1.54) is 17.0 Å². The SMILES string of the molecule is CC1(C(=O)O)CCN(C(=O)NCCc2c[nH]c3ccc(F)cc23)C1. The number of aromatic nitrogens is 1. The first-order chi connectivity index (χ1) is 11.4. The largest absolute Gasteiger partial charge is 0.481 e. The number of amides is 2. The van der Waals surface area contributed by atoms with Crippen LogP contribution >= 0.6 is 0 Å².